The standard InChI is InChI=1S/C16H17N3O3/c20-16(21)14-5-3-6-15(18-14)19-9-7-13(10-19)22-11-12-4-1-2-8-17-12/h1-6,8,13H,7,9-11H2,(H,20,21). The monoisotopic (exact) mass is 299 g/mol. The maximum atomic E-state index is 11.0. The van der Waals surface area contributed by atoms with Crippen LogP contribution >= 0.6 is 0 Å². The van der Waals surface area contributed by atoms with Gasteiger partial charge in [0.1, 0.15) is 5.82 Å². The number of aromatic carboxylic acids is 1. The lowest BCUT2D eigenvalue weighted by molar-refractivity contribution is 0.0533. The molecule has 1 aliphatic heterocycles. The molecule has 0 aromatic carbocycles. The molecule has 1 fully saturated rings. The summed E-state index contributed by atoms with van der Waals surface area (Å²) in [6, 6.07) is 10.8. The van der Waals surface area contributed by atoms with Crippen LogP contribution in [0.4, 0.5) is 5.82 Å². The first-order valence-corrected chi connectivity index (χ1v) is 7.19. The molecule has 2 aromatic rings. The Bertz CT molecular complexity index is 648. The van der Waals surface area contributed by atoms with Gasteiger partial charge in [-0.3, -0.25) is 4.98 Å². The molecular weight excluding hydrogens is 282 g/mol. The normalized spacial score (nSPS) is 17.6. The molecule has 6 heteroatoms. The van der Waals surface area contributed by atoms with E-state index in [-0.39, 0.29) is 11.8 Å². The van der Waals surface area contributed by atoms with Crippen LogP contribution in [0.15, 0.2) is 42.6 Å². The number of aromatic nitrogens is 2. The van der Waals surface area contributed by atoms with E-state index >= 15 is 0 Å². The highest BCUT2D eigenvalue weighted by atomic mass is 16.5. The van der Waals surface area contributed by atoms with Crippen LogP contribution in [0.3, 0.4) is 0 Å². The topological polar surface area (TPSA) is 75.5 Å². The SMILES string of the molecule is O=C(O)c1cccc(N2CCC(OCc3ccccn3)C2)n1. The summed E-state index contributed by atoms with van der Waals surface area (Å²) in [7, 11) is 0. The first-order chi connectivity index (χ1) is 10.7. The third-order valence-electron chi connectivity index (χ3n) is 3.62. The van der Waals surface area contributed by atoms with Crippen molar-refractivity contribution in [2.24, 2.45) is 0 Å². The maximum Gasteiger partial charge on any atom is 0.354 e. The van der Waals surface area contributed by atoms with E-state index in [0.717, 1.165) is 18.7 Å². The molecule has 0 radical (unpaired) electrons. The van der Waals surface area contributed by atoms with E-state index in [1.807, 2.05) is 24.3 Å². The van der Waals surface area contributed by atoms with Gasteiger partial charge in [-0.1, -0.05) is 12.1 Å². The van der Waals surface area contributed by atoms with Crippen LogP contribution in [0.25, 0.3) is 0 Å². The first kappa shape index (κ1) is 14.5. The average molecular weight is 299 g/mol. The number of carboxylic acids is 1. The minimum atomic E-state index is -1.01. The fraction of sp³-hybridized carbons (Fsp3) is 0.312. The number of nitrogens with zero attached hydrogens (tertiary/aromatic N) is 3. The third-order valence-corrected chi connectivity index (χ3v) is 3.62. The second kappa shape index (κ2) is 6.53. The number of pyridine rings is 2. The van der Waals surface area contributed by atoms with Gasteiger partial charge in [0.15, 0.2) is 5.69 Å². The van der Waals surface area contributed by atoms with Gasteiger partial charge in [0.25, 0.3) is 0 Å². The highest BCUT2D eigenvalue weighted by Gasteiger charge is 2.24. The summed E-state index contributed by atoms with van der Waals surface area (Å²) < 4.78 is 5.87. The van der Waals surface area contributed by atoms with E-state index in [2.05, 4.69) is 14.9 Å². The number of rotatable bonds is 5. The van der Waals surface area contributed by atoms with Gasteiger partial charge in [-0.15, -0.1) is 0 Å². The highest BCUT2D eigenvalue weighted by molar-refractivity contribution is 5.85. The van der Waals surface area contributed by atoms with E-state index in [4.69, 9.17) is 9.84 Å². The van der Waals surface area contributed by atoms with Crippen LogP contribution in [0.1, 0.15) is 22.6 Å². The lowest BCUT2D eigenvalue weighted by Gasteiger charge is -2.17. The molecule has 0 bridgehead atoms. The molecule has 3 heterocycles. The van der Waals surface area contributed by atoms with Crippen molar-refractivity contribution >= 4 is 11.8 Å². The minimum Gasteiger partial charge on any atom is -0.477 e. The number of anilines is 1. The Morgan fingerprint density at radius 2 is 2.23 bits per heavy atom. The van der Waals surface area contributed by atoms with Gasteiger partial charge < -0.3 is 14.7 Å². The van der Waals surface area contributed by atoms with Crippen molar-refractivity contribution in [1.29, 1.82) is 0 Å². The Morgan fingerprint density at radius 3 is 3.00 bits per heavy atom. The lowest BCUT2D eigenvalue weighted by atomic mass is 10.3. The summed E-state index contributed by atoms with van der Waals surface area (Å²) in [5.74, 6) is -0.326. The molecule has 1 saturated heterocycles. The number of carboxylic acid groups (broad SMARTS) is 1. The van der Waals surface area contributed by atoms with Crippen LogP contribution in [0.2, 0.25) is 0 Å². The number of carbonyl (C=O) groups is 1. The smallest absolute Gasteiger partial charge is 0.354 e. The van der Waals surface area contributed by atoms with Crippen LogP contribution < -0.4 is 4.90 Å². The molecule has 1 atom stereocenters. The maximum absolute atomic E-state index is 11.0. The van der Waals surface area contributed by atoms with Crippen molar-refractivity contribution in [3.8, 4) is 0 Å². The molecule has 22 heavy (non-hydrogen) atoms. The Kier molecular flexibility index (Phi) is 4.29. The van der Waals surface area contributed by atoms with E-state index < -0.39 is 5.97 Å². The summed E-state index contributed by atoms with van der Waals surface area (Å²) >= 11 is 0. The second-order valence-corrected chi connectivity index (χ2v) is 5.17. The van der Waals surface area contributed by atoms with Crippen molar-refractivity contribution in [3.05, 3.63) is 54.0 Å². The minimum absolute atomic E-state index is 0.0651. The van der Waals surface area contributed by atoms with Crippen molar-refractivity contribution in [2.45, 2.75) is 19.1 Å². The third kappa shape index (κ3) is 3.40. The second-order valence-electron chi connectivity index (χ2n) is 5.17. The van der Waals surface area contributed by atoms with Crippen molar-refractivity contribution in [3.63, 3.8) is 0 Å². The van der Waals surface area contributed by atoms with Crippen molar-refractivity contribution in [1.82, 2.24) is 9.97 Å². The molecule has 1 N–H and O–H groups in total. The summed E-state index contributed by atoms with van der Waals surface area (Å²) in [6.07, 6.45) is 2.75. The van der Waals surface area contributed by atoms with Crippen molar-refractivity contribution < 1.29 is 14.6 Å². The van der Waals surface area contributed by atoms with Gasteiger partial charge in [0, 0.05) is 19.3 Å². The zero-order valence-corrected chi connectivity index (χ0v) is 12.1. The Labute approximate surface area is 128 Å². The molecule has 1 aliphatic rings. The fourth-order valence-electron chi connectivity index (χ4n) is 2.48. The van der Waals surface area contributed by atoms with E-state index in [1.54, 1.807) is 12.3 Å². The van der Waals surface area contributed by atoms with Crippen molar-refractivity contribution in [2.75, 3.05) is 18.0 Å². The summed E-state index contributed by atoms with van der Waals surface area (Å²) in [5.41, 5.74) is 0.974. The highest BCUT2D eigenvalue weighted by Crippen LogP contribution is 2.20. The zero-order valence-electron chi connectivity index (χ0n) is 12.1. The molecular formula is C16H17N3O3. The van der Waals surface area contributed by atoms with Gasteiger partial charge >= 0.3 is 5.97 Å². The quantitative estimate of drug-likeness (QED) is 0.909. The largest absolute Gasteiger partial charge is 0.477 e. The summed E-state index contributed by atoms with van der Waals surface area (Å²) in [5, 5.41) is 9.00. The van der Waals surface area contributed by atoms with Crippen LogP contribution in [0.5, 0.6) is 0 Å². The molecule has 1 unspecified atom stereocenters. The molecule has 0 aliphatic carbocycles. The predicted octanol–water partition coefficient (Wildman–Crippen LogP) is 1.97. The molecule has 0 spiro atoms. The van der Waals surface area contributed by atoms with Gasteiger partial charge in [0.2, 0.25) is 0 Å². The first-order valence-electron chi connectivity index (χ1n) is 7.19. The molecule has 3 rings (SSSR count). The Morgan fingerprint density at radius 1 is 1.32 bits per heavy atom. The molecule has 114 valence electrons. The Hall–Kier alpha value is -2.47. The Balaban J connectivity index is 1.58. The van der Waals surface area contributed by atoms with Crippen LogP contribution in [-0.2, 0) is 11.3 Å². The van der Waals surface area contributed by atoms with Gasteiger partial charge in [-0.05, 0) is 30.7 Å². The molecule has 0 saturated carbocycles. The van der Waals surface area contributed by atoms with Crippen LogP contribution in [0, 0.1) is 0 Å². The predicted molar refractivity (Wildman–Crippen MR) is 80.8 cm³/mol. The summed E-state index contributed by atoms with van der Waals surface area (Å²) in [4.78, 5) is 21.4. The van der Waals surface area contributed by atoms with Gasteiger partial charge in [-0.25, -0.2) is 9.78 Å². The summed E-state index contributed by atoms with van der Waals surface area (Å²) in [6.45, 7) is 2.01. The molecule has 0 amide bonds. The van der Waals surface area contributed by atoms with Gasteiger partial charge in [-0.2, -0.15) is 0 Å². The van der Waals surface area contributed by atoms with Gasteiger partial charge in [0.05, 0.1) is 18.4 Å². The zero-order chi connectivity index (χ0) is 15.4. The number of hydrogen-bond acceptors (Lipinski definition) is 5. The van der Waals surface area contributed by atoms with Crippen LogP contribution in [-0.4, -0.2) is 40.2 Å². The fourth-order valence-corrected chi connectivity index (χ4v) is 2.48. The number of ether oxygens (including phenoxy) is 1. The molecule has 2 aromatic heterocycles. The van der Waals surface area contributed by atoms with E-state index in [1.165, 1.54) is 6.07 Å². The van der Waals surface area contributed by atoms with E-state index in [0.29, 0.717) is 19.0 Å². The molecule has 6 nitrogen and oxygen atoms in total. The van der Waals surface area contributed by atoms with E-state index in [9.17, 15) is 4.79 Å². The number of hydrogen-bond donors (Lipinski definition) is 1. The average Bonchev–Trinajstić information content (AvgIpc) is 3.03. The lowest BCUT2D eigenvalue weighted by Crippen LogP contribution is -2.24.